The maximum atomic E-state index is 14.1. The van der Waals surface area contributed by atoms with Crippen LogP contribution in [0, 0.1) is 5.92 Å². The summed E-state index contributed by atoms with van der Waals surface area (Å²) in [7, 11) is 3.89. The average molecular weight is 655 g/mol. The first-order valence-corrected chi connectivity index (χ1v) is 16.4. The lowest BCUT2D eigenvalue weighted by Crippen LogP contribution is -2.33. The van der Waals surface area contributed by atoms with Gasteiger partial charge < -0.3 is 10.2 Å². The number of amides is 3. The lowest BCUT2D eigenvalue weighted by Gasteiger charge is -2.31. The Kier molecular flexibility index (Phi) is 7.51. The molecule has 1 aromatic heterocycles. The number of carbonyl (C=O) groups is 3. The normalized spacial score (nSPS) is 19.0. The molecule has 3 heterocycles. The van der Waals surface area contributed by atoms with Crippen LogP contribution in [0.2, 0.25) is 5.02 Å². The van der Waals surface area contributed by atoms with Gasteiger partial charge in [0.15, 0.2) is 0 Å². The van der Waals surface area contributed by atoms with Crippen molar-refractivity contribution in [1.29, 1.82) is 0 Å². The molecule has 2 aliphatic rings. The standard InChI is InChI=1S/C34H27ClN4O4S2/c1-37(2)22-14-10-20(11-15-22)27-28-29(32(42)39(31(28)41)23-16-12-21(35)13-17-23)44-33-30(27)45-34(43)38(33)18-26(40)36-25-9-5-7-19-6-3-4-8-24(19)25/h3-17,27-29H,18H2,1-2H3,(H,36,40)/t27-,28-,29+/m0/s1. The summed E-state index contributed by atoms with van der Waals surface area (Å²) in [6, 6.07) is 27.8. The molecular formula is C34H27ClN4O4S2. The van der Waals surface area contributed by atoms with Crippen LogP contribution in [0.5, 0.6) is 0 Å². The minimum absolute atomic E-state index is 0.229. The van der Waals surface area contributed by atoms with E-state index in [4.69, 9.17) is 11.6 Å². The van der Waals surface area contributed by atoms with Crippen LogP contribution in [0.15, 0.2) is 101 Å². The number of anilines is 3. The van der Waals surface area contributed by atoms with Crippen LogP contribution in [0.3, 0.4) is 0 Å². The molecule has 1 N–H and O–H groups in total. The van der Waals surface area contributed by atoms with Gasteiger partial charge in [0, 0.05) is 46.7 Å². The zero-order valence-electron chi connectivity index (χ0n) is 24.3. The second kappa shape index (κ2) is 11.5. The number of thioether (sulfide) groups is 1. The molecule has 0 radical (unpaired) electrons. The van der Waals surface area contributed by atoms with E-state index in [1.165, 1.54) is 21.2 Å². The number of carbonyl (C=O) groups excluding carboxylic acids is 3. The number of nitrogens with one attached hydrogen (secondary N) is 1. The molecule has 3 amide bonds. The Balaban J connectivity index is 1.28. The molecule has 11 heteroatoms. The lowest BCUT2D eigenvalue weighted by atomic mass is 9.83. The van der Waals surface area contributed by atoms with Crippen LogP contribution in [0.4, 0.5) is 17.1 Å². The van der Waals surface area contributed by atoms with Crippen molar-refractivity contribution in [1.82, 2.24) is 4.57 Å². The zero-order chi connectivity index (χ0) is 31.4. The Morgan fingerprint density at radius 1 is 0.889 bits per heavy atom. The molecule has 4 aromatic carbocycles. The third kappa shape index (κ3) is 5.12. The van der Waals surface area contributed by atoms with Gasteiger partial charge in [-0.25, -0.2) is 4.90 Å². The monoisotopic (exact) mass is 654 g/mol. The summed E-state index contributed by atoms with van der Waals surface area (Å²) in [6.45, 7) is -0.229. The van der Waals surface area contributed by atoms with E-state index in [1.807, 2.05) is 85.7 Å². The Hall–Kier alpha value is -4.38. The molecule has 7 rings (SSSR count). The van der Waals surface area contributed by atoms with Gasteiger partial charge in [-0.1, -0.05) is 83.2 Å². The van der Waals surface area contributed by atoms with Gasteiger partial charge in [0.25, 0.3) is 0 Å². The maximum absolute atomic E-state index is 14.1. The number of hydrogen-bond acceptors (Lipinski definition) is 7. The van der Waals surface area contributed by atoms with Crippen molar-refractivity contribution in [2.75, 3.05) is 29.2 Å². The van der Waals surface area contributed by atoms with Crippen molar-refractivity contribution in [3.63, 3.8) is 0 Å². The highest BCUT2D eigenvalue weighted by atomic mass is 35.5. The van der Waals surface area contributed by atoms with Crippen LogP contribution >= 0.6 is 34.7 Å². The highest BCUT2D eigenvalue weighted by Crippen LogP contribution is 2.54. The Morgan fingerprint density at radius 3 is 2.33 bits per heavy atom. The van der Waals surface area contributed by atoms with Crippen molar-refractivity contribution in [3.05, 3.63) is 116 Å². The summed E-state index contributed by atoms with van der Waals surface area (Å²) < 4.78 is 1.44. The van der Waals surface area contributed by atoms with Crippen molar-refractivity contribution in [2.24, 2.45) is 5.92 Å². The summed E-state index contributed by atoms with van der Waals surface area (Å²) in [5.74, 6) is -2.32. The van der Waals surface area contributed by atoms with Crippen molar-refractivity contribution < 1.29 is 14.4 Å². The first-order chi connectivity index (χ1) is 21.7. The van der Waals surface area contributed by atoms with E-state index in [-0.39, 0.29) is 29.1 Å². The molecule has 8 nitrogen and oxygen atoms in total. The minimum atomic E-state index is -0.777. The van der Waals surface area contributed by atoms with Crippen molar-refractivity contribution in [3.8, 4) is 0 Å². The van der Waals surface area contributed by atoms with Crippen molar-refractivity contribution in [2.45, 2.75) is 22.7 Å². The van der Waals surface area contributed by atoms with Gasteiger partial charge in [-0.05, 0) is 53.4 Å². The van der Waals surface area contributed by atoms with E-state index in [1.54, 1.807) is 24.3 Å². The SMILES string of the molecule is CN(C)c1ccc([C@@H]2c3sc(=O)n(CC(=O)Nc4cccc5ccccc45)c3S[C@H]3C(=O)N(c4ccc(Cl)cc4)C(=O)[C@@H]23)cc1. The van der Waals surface area contributed by atoms with Gasteiger partial charge in [-0.2, -0.15) is 0 Å². The van der Waals surface area contributed by atoms with Gasteiger partial charge in [-0.15, -0.1) is 0 Å². The largest absolute Gasteiger partial charge is 0.378 e. The fourth-order valence-corrected chi connectivity index (χ4v) is 9.01. The summed E-state index contributed by atoms with van der Waals surface area (Å²) in [6.07, 6.45) is 0. The zero-order valence-corrected chi connectivity index (χ0v) is 26.7. The molecule has 1 saturated heterocycles. The Bertz CT molecular complexity index is 2030. The molecular weight excluding hydrogens is 628 g/mol. The van der Waals surface area contributed by atoms with E-state index in [2.05, 4.69) is 5.32 Å². The second-order valence-corrected chi connectivity index (χ2v) is 13.8. The molecule has 0 saturated carbocycles. The number of halogens is 1. The molecule has 0 unspecified atom stereocenters. The lowest BCUT2D eigenvalue weighted by molar-refractivity contribution is -0.122. The fourth-order valence-electron chi connectivity index (χ4n) is 6.11. The van der Waals surface area contributed by atoms with Gasteiger partial charge in [0.05, 0.1) is 16.6 Å². The van der Waals surface area contributed by atoms with Crippen LogP contribution in [0.25, 0.3) is 10.8 Å². The minimum Gasteiger partial charge on any atom is -0.378 e. The number of fused-ring (bicyclic) bond motifs is 3. The van der Waals surface area contributed by atoms with E-state index in [0.29, 0.717) is 26.3 Å². The molecule has 3 atom stereocenters. The number of aromatic nitrogens is 1. The molecule has 226 valence electrons. The highest BCUT2D eigenvalue weighted by molar-refractivity contribution is 8.00. The smallest absolute Gasteiger partial charge is 0.308 e. The maximum Gasteiger partial charge on any atom is 0.308 e. The first-order valence-electron chi connectivity index (χ1n) is 14.3. The van der Waals surface area contributed by atoms with Gasteiger partial charge >= 0.3 is 4.87 Å². The number of nitrogens with zero attached hydrogens (tertiary/aromatic N) is 3. The summed E-state index contributed by atoms with van der Waals surface area (Å²) in [5, 5.41) is 5.10. The van der Waals surface area contributed by atoms with E-state index >= 15 is 0 Å². The molecule has 2 aliphatic heterocycles. The van der Waals surface area contributed by atoms with Crippen LogP contribution in [-0.4, -0.2) is 41.6 Å². The second-order valence-electron chi connectivity index (χ2n) is 11.2. The number of imide groups is 1. The van der Waals surface area contributed by atoms with E-state index in [9.17, 15) is 19.2 Å². The molecule has 1 fully saturated rings. The molecule has 0 aliphatic carbocycles. The third-order valence-electron chi connectivity index (χ3n) is 8.27. The molecule has 0 spiro atoms. The van der Waals surface area contributed by atoms with Gasteiger partial charge in [-0.3, -0.25) is 23.7 Å². The highest BCUT2D eigenvalue weighted by Gasteiger charge is 2.56. The van der Waals surface area contributed by atoms with E-state index in [0.717, 1.165) is 33.4 Å². The predicted octanol–water partition coefficient (Wildman–Crippen LogP) is 6.22. The predicted molar refractivity (Wildman–Crippen MR) is 181 cm³/mol. The quantitative estimate of drug-likeness (QED) is 0.219. The first kappa shape index (κ1) is 29.3. The number of hydrogen-bond donors (Lipinski definition) is 1. The Morgan fingerprint density at radius 2 is 1.60 bits per heavy atom. The van der Waals surface area contributed by atoms with Crippen LogP contribution < -0.4 is 20.0 Å². The number of benzene rings is 4. The Labute approximate surface area is 272 Å². The van der Waals surface area contributed by atoms with E-state index < -0.39 is 17.1 Å². The summed E-state index contributed by atoms with van der Waals surface area (Å²) in [5.41, 5.74) is 2.90. The number of rotatable bonds is 6. The van der Waals surface area contributed by atoms with Crippen molar-refractivity contribution >= 4 is 80.3 Å². The molecule has 5 aromatic rings. The summed E-state index contributed by atoms with van der Waals surface area (Å²) >= 11 is 8.31. The summed E-state index contributed by atoms with van der Waals surface area (Å²) in [4.78, 5) is 58.5. The van der Waals surface area contributed by atoms with Gasteiger partial charge in [0.2, 0.25) is 17.7 Å². The average Bonchev–Trinajstić information content (AvgIpc) is 3.48. The number of thiazole rings is 1. The van der Waals surface area contributed by atoms with Crippen LogP contribution in [0.1, 0.15) is 16.4 Å². The topological polar surface area (TPSA) is 91.7 Å². The van der Waals surface area contributed by atoms with Crippen LogP contribution in [-0.2, 0) is 20.9 Å². The third-order valence-corrected chi connectivity index (χ3v) is 11.1. The molecule has 45 heavy (non-hydrogen) atoms. The van der Waals surface area contributed by atoms with Gasteiger partial charge in [0.1, 0.15) is 11.8 Å². The fraction of sp³-hybridized carbons (Fsp3) is 0.176. The molecule has 0 bridgehead atoms.